The summed E-state index contributed by atoms with van der Waals surface area (Å²) in [6.07, 6.45) is 1.83. The van der Waals surface area contributed by atoms with Gasteiger partial charge in [-0.1, -0.05) is 18.2 Å². The average molecular weight is 336 g/mol. The fourth-order valence-electron chi connectivity index (χ4n) is 2.78. The summed E-state index contributed by atoms with van der Waals surface area (Å²) in [6.45, 7) is 5.79. The molecule has 4 nitrogen and oxygen atoms in total. The summed E-state index contributed by atoms with van der Waals surface area (Å²) in [5.41, 5.74) is 4.82. The van der Waals surface area contributed by atoms with Gasteiger partial charge in [0.15, 0.2) is 0 Å². The molecule has 0 unspecified atom stereocenters. The average Bonchev–Trinajstić information content (AvgIpc) is 2.47. The van der Waals surface area contributed by atoms with Crippen molar-refractivity contribution in [3.63, 3.8) is 0 Å². The van der Waals surface area contributed by atoms with E-state index in [-0.39, 0.29) is 12.4 Å². The van der Waals surface area contributed by atoms with Gasteiger partial charge in [0.25, 0.3) is 0 Å². The number of anilines is 1. The van der Waals surface area contributed by atoms with Crippen molar-refractivity contribution in [3.05, 3.63) is 52.7 Å². The van der Waals surface area contributed by atoms with Crippen LogP contribution in [0.3, 0.4) is 0 Å². The van der Waals surface area contributed by atoms with Crippen LogP contribution in [0, 0.1) is 13.8 Å². The van der Waals surface area contributed by atoms with Crippen LogP contribution in [0.4, 0.5) is 5.82 Å². The van der Waals surface area contributed by atoms with Crippen molar-refractivity contribution in [1.82, 2.24) is 10.3 Å². The Hall–Kier alpha value is -1.78. The Balaban J connectivity index is 0.00000264. The molecule has 0 radical (unpaired) electrons. The van der Waals surface area contributed by atoms with Crippen molar-refractivity contribution < 1.29 is 4.74 Å². The summed E-state index contributed by atoms with van der Waals surface area (Å²) in [5, 5.41) is 3.50. The van der Waals surface area contributed by atoms with E-state index in [0.717, 1.165) is 24.7 Å². The van der Waals surface area contributed by atoms with Crippen LogP contribution >= 0.6 is 12.4 Å². The van der Waals surface area contributed by atoms with Crippen molar-refractivity contribution >= 4 is 18.2 Å². The Bertz CT molecular complexity index is 621. The van der Waals surface area contributed by atoms with Crippen molar-refractivity contribution in [1.29, 1.82) is 0 Å². The highest BCUT2D eigenvalue weighted by Gasteiger charge is 2.07. The molecular formula is C18H26ClN3O. The van der Waals surface area contributed by atoms with E-state index in [4.69, 9.17) is 4.74 Å². The quantitative estimate of drug-likeness (QED) is 0.877. The van der Waals surface area contributed by atoms with Crippen LogP contribution in [0.2, 0.25) is 0 Å². The SMILES string of the molecule is COc1c(C)cc(CNCc2cccnc2N(C)C)cc1C.Cl. The zero-order valence-electron chi connectivity index (χ0n) is 14.5. The Morgan fingerprint density at radius 1 is 1.13 bits per heavy atom. The Morgan fingerprint density at radius 3 is 2.35 bits per heavy atom. The topological polar surface area (TPSA) is 37.4 Å². The minimum atomic E-state index is 0. The molecule has 1 aromatic heterocycles. The highest BCUT2D eigenvalue weighted by molar-refractivity contribution is 5.85. The first-order valence-electron chi connectivity index (χ1n) is 7.49. The number of ether oxygens (including phenoxy) is 1. The lowest BCUT2D eigenvalue weighted by Gasteiger charge is -2.16. The third-order valence-electron chi connectivity index (χ3n) is 3.66. The second kappa shape index (κ2) is 8.75. The van der Waals surface area contributed by atoms with Gasteiger partial charge in [0.1, 0.15) is 11.6 Å². The third-order valence-corrected chi connectivity index (χ3v) is 3.66. The number of nitrogens with one attached hydrogen (secondary N) is 1. The zero-order chi connectivity index (χ0) is 16.1. The molecule has 2 aromatic rings. The minimum absolute atomic E-state index is 0. The van der Waals surface area contributed by atoms with E-state index in [1.54, 1.807) is 7.11 Å². The van der Waals surface area contributed by atoms with Gasteiger partial charge in [0.05, 0.1) is 7.11 Å². The summed E-state index contributed by atoms with van der Waals surface area (Å²) >= 11 is 0. The first-order valence-corrected chi connectivity index (χ1v) is 7.49. The first kappa shape index (κ1) is 19.3. The molecule has 0 aliphatic heterocycles. The molecule has 23 heavy (non-hydrogen) atoms. The smallest absolute Gasteiger partial charge is 0.132 e. The highest BCUT2D eigenvalue weighted by Crippen LogP contribution is 2.24. The van der Waals surface area contributed by atoms with Crippen LogP contribution in [0.25, 0.3) is 0 Å². The molecule has 126 valence electrons. The number of aryl methyl sites for hydroxylation is 2. The van der Waals surface area contributed by atoms with Gasteiger partial charge in [-0.15, -0.1) is 12.4 Å². The predicted octanol–water partition coefficient (Wildman–Crippen LogP) is 3.48. The first-order chi connectivity index (χ1) is 10.5. The number of halogens is 1. The molecule has 0 saturated carbocycles. The summed E-state index contributed by atoms with van der Waals surface area (Å²) < 4.78 is 5.41. The van der Waals surface area contributed by atoms with Crippen molar-refractivity contribution in [2.24, 2.45) is 0 Å². The Labute approximate surface area is 145 Å². The number of rotatable bonds is 6. The summed E-state index contributed by atoms with van der Waals surface area (Å²) in [6, 6.07) is 8.44. The van der Waals surface area contributed by atoms with Crippen molar-refractivity contribution in [3.8, 4) is 5.75 Å². The molecule has 0 spiro atoms. The van der Waals surface area contributed by atoms with Gasteiger partial charge >= 0.3 is 0 Å². The minimum Gasteiger partial charge on any atom is -0.496 e. The lowest BCUT2D eigenvalue weighted by molar-refractivity contribution is 0.408. The Kier molecular flexibility index (Phi) is 7.33. The maximum atomic E-state index is 5.41. The lowest BCUT2D eigenvalue weighted by Crippen LogP contribution is -2.18. The molecule has 0 saturated heterocycles. The normalized spacial score (nSPS) is 10.1. The standard InChI is InChI=1S/C18H25N3O.ClH/c1-13-9-15(10-14(2)17(13)22-5)11-19-12-16-7-6-8-20-18(16)21(3)4;/h6-10,19H,11-12H2,1-5H3;1H. The summed E-state index contributed by atoms with van der Waals surface area (Å²) in [7, 11) is 5.75. The number of pyridine rings is 1. The van der Waals surface area contributed by atoms with Crippen LogP contribution in [-0.2, 0) is 13.1 Å². The molecule has 2 rings (SSSR count). The largest absolute Gasteiger partial charge is 0.496 e. The molecular weight excluding hydrogens is 310 g/mol. The van der Waals surface area contributed by atoms with E-state index in [1.807, 2.05) is 31.3 Å². The van der Waals surface area contributed by atoms with Gasteiger partial charge in [0.2, 0.25) is 0 Å². The molecule has 0 aliphatic carbocycles. The molecule has 1 heterocycles. The van der Waals surface area contributed by atoms with E-state index in [0.29, 0.717) is 0 Å². The molecule has 1 N–H and O–H groups in total. The number of aromatic nitrogens is 1. The van der Waals surface area contributed by atoms with Gasteiger partial charge in [-0.25, -0.2) is 4.98 Å². The van der Waals surface area contributed by atoms with E-state index >= 15 is 0 Å². The number of hydrogen-bond acceptors (Lipinski definition) is 4. The fourth-order valence-corrected chi connectivity index (χ4v) is 2.78. The maximum Gasteiger partial charge on any atom is 0.132 e. The van der Waals surface area contributed by atoms with Crippen LogP contribution in [0.1, 0.15) is 22.3 Å². The molecule has 0 atom stereocenters. The van der Waals surface area contributed by atoms with Crippen LogP contribution in [0.15, 0.2) is 30.5 Å². The molecule has 0 bridgehead atoms. The number of methoxy groups -OCH3 is 1. The number of hydrogen-bond donors (Lipinski definition) is 1. The maximum absolute atomic E-state index is 5.41. The van der Waals surface area contributed by atoms with E-state index < -0.39 is 0 Å². The molecule has 0 amide bonds. The van der Waals surface area contributed by atoms with Crippen LogP contribution in [-0.4, -0.2) is 26.2 Å². The molecule has 5 heteroatoms. The van der Waals surface area contributed by atoms with Gasteiger partial charge in [-0.3, -0.25) is 0 Å². The molecule has 0 fully saturated rings. The highest BCUT2D eigenvalue weighted by atomic mass is 35.5. The lowest BCUT2D eigenvalue weighted by atomic mass is 10.1. The Morgan fingerprint density at radius 2 is 1.78 bits per heavy atom. The van der Waals surface area contributed by atoms with Gasteiger partial charge < -0.3 is 15.0 Å². The number of nitrogens with zero attached hydrogens (tertiary/aromatic N) is 2. The fraction of sp³-hybridized carbons (Fsp3) is 0.389. The third kappa shape index (κ3) is 4.85. The second-order valence-electron chi connectivity index (χ2n) is 5.75. The number of benzene rings is 1. The second-order valence-corrected chi connectivity index (χ2v) is 5.75. The van der Waals surface area contributed by atoms with E-state index in [9.17, 15) is 0 Å². The van der Waals surface area contributed by atoms with Gasteiger partial charge in [-0.2, -0.15) is 0 Å². The van der Waals surface area contributed by atoms with Crippen molar-refractivity contribution in [2.75, 3.05) is 26.1 Å². The summed E-state index contributed by atoms with van der Waals surface area (Å²) in [4.78, 5) is 6.46. The van der Waals surface area contributed by atoms with E-state index in [1.165, 1.54) is 22.3 Å². The summed E-state index contributed by atoms with van der Waals surface area (Å²) in [5.74, 6) is 1.99. The van der Waals surface area contributed by atoms with Crippen LogP contribution in [0.5, 0.6) is 5.75 Å². The van der Waals surface area contributed by atoms with E-state index in [2.05, 4.69) is 42.3 Å². The monoisotopic (exact) mass is 335 g/mol. The van der Waals surface area contributed by atoms with Crippen LogP contribution < -0.4 is 15.0 Å². The van der Waals surface area contributed by atoms with Crippen molar-refractivity contribution in [2.45, 2.75) is 26.9 Å². The molecule has 1 aromatic carbocycles. The van der Waals surface area contributed by atoms with Gasteiger partial charge in [-0.05, 0) is 36.6 Å². The molecule has 0 aliphatic rings. The zero-order valence-corrected chi connectivity index (χ0v) is 15.3. The predicted molar refractivity (Wildman–Crippen MR) is 98.8 cm³/mol. The van der Waals surface area contributed by atoms with Gasteiger partial charge in [0, 0.05) is 38.9 Å².